The minimum Gasteiger partial charge on any atom is -0.444 e. The third-order valence-corrected chi connectivity index (χ3v) is 4.59. The lowest BCUT2D eigenvalue weighted by Gasteiger charge is -2.27. The van der Waals surface area contributed by atoms with Crippen molar-refractivity contribution in [1.82, 2.24) is 14.9 Å². The maximum Gasteiger partial charge on any atom is 0.410 e. The summed E-state index contributed by atoms with van der Waals surface area (Å²) in [6, 6.07) is 6.07. The lowest BCUT2D eigenvalue weighted by Crippen LogP contribution is -2.37. The van der Waals surface area contributed by atoms with Gasteiger partial charge in [-0.1, -0.05) is 6.92 Å². The average Bonchev–Trinajstić information content (AvgIpc) is 2.99. The minimum absolute atomic E-state index is 0.0510. The zero-order chi connectivity index (χ0) is 16.8. The van der Waals surface area contributed by atoms with Crippen LogP contribution in [-0.2, 0) is 4.74 Å². The van der Waals surface area contributed by atoms with Gasteiger partial charge in [0.25, 0.3) is 0 Å². The van der Waals surface area contributed by atoms with E-state index < -0.39 is 5.60 Å². The summed E-state index contributed by atoms with van der Waals surface area (Å²) in [4.78, 5) is 22.4. The van der Waals surface area contributed by atoms with E-state index in [1.54, 1.807) is 4.90 Å². The number of nitrogens with zero attached hydrogens (tertiary/aromatic N) is 2. The molecule has 1 aromatic carbocycles. The first kappa shape index (κ1) is 16.5. The van der Waals surface area contributed by atoms with Crippen molar-refractivity contribution in [2.24, 2.45) is 5.92 Å². The summed E-state index contributed by atoms with van der Waals surface area (Å²) in [7, 11) is 0. The highest BCUT2D eigenvalue weighted by Gasteiger charge is 2.38. The molecule has 1 aliphatic rings. The van der Waals surface area contributed by atoms with Crippen molar-refractivity contribution in [3.63, 3.8) is 0 Å². The predicted molar refractivity (Wildman–Crippen MR) is 98.3 cm³/mol. The molecule has 2 aromatic rings. The van der Waals surface area contributed by atoms with Gasteiger partial charge in [0.15, 0.2) is 0 Å². The Labute approximate surface area is 149 Å². The number of aromatic nitrogens is 2. The molecule has 0 unspecified atom stereocenters. The Morgan fingerprint density at radius 2 is 2.17 bits per heavy atom. The third-order valence-electron chi connectivity index (χ3n) is 3.92. The quantitative estimate of drug-likeness (QED) is 0.683. The molecule has 1 aromatic heterocycles. The van der Waals surface area contributed by atoms with Gasteiger partial charge in [0.1, 0.15) is 11.4 Å². The van der Waals surface area contributed by atoms with Crippen LogP contribution in [0.2, 0.25) is 0 Å². The molecule has 3 rings (SSSR count). The molecule has 0 aliphatic carbocycles. The summed E-state index contributed by atoms with van der Waals surface area (Å²) >= 11 is 2.29. The van der Waals surface area contributed by atoms with Crippen molar-refractivity contribution in [1.29, 1.82) is 0 Å². The van der Waals surface area contributed by atoms with E-state index in [4.69, 9.17) is 9.72 Å². The number of hydrogen-bond acceptors (Lipinski definition) is 3. The van der Waals surface area contributed by atoms with Crippen LogP contribution in [0, 0.1) is 9.49 Å². The van der Waals surface area contributed by atoms with Crippen molar-refractivity contribution >= 4 is 39.7 Å². The fourth-order valence-electron chi connectivity index (χ4n) is 2.99. The fourth-order valence-corrected chi connectivity index (χ4v) is 3.48. The molecule has 2 atom stereocenters. The van der Waals surface area contributed by atoms with Gasteiger partial charge in [-0.25, -0.2) is 9.78 Å². The minimum atomic E-state index is -0.489. The van der Waals surface area contributed by atoms with Crippen LogP contribution in [-0.4, -0.2) is 33.1 Å². The second-order valence-corrected chi connectivity index (χ2v) is 8.52. The van der Waals surface area contributed by atoms with Crippen LogP contribution in [0.5, 0.6) is 0 Å². The number of benzene rings is 1. The summed E-state index contributed by atoms with van der Waals surface area (Å²) in [5.74, 6) is 1.28. The lowest BCUT2D eigenvalue weighted by molar-refractivity contribution is 0.0215. The first-order chi connectivity index (χ1) is 10.7. The number of carbonyl (C=O) groups is 1. The number of amides is 1. The number of nitrogens with one attached hydrogen (secondary N) is 1. The molecular weight excluding hydrogens is 405 g/mol. The number of halogens is 1. The predicted octanol–water partition coefficient (Wildman–Crippen LogP) is 4.49. The Morgan fingerprint density at radius 3 is 2.87 bits per heavy atom. The Balaban J connectivity index is 1.90. The van der Waals surface area contributed by atoms with Crippen molar-refractivity contribution in [3.8, 4) is 0 Å². The van der Waals surface area contributed by atoms with Gasteiger partial charge >= 0.3 is 6.09 Å². The van der Waals surface area contributed by atoms with Crippen molar-refractivity contribution in [2.75, 3.05) is 6.54 Å². The Kier molecular flexibility index (Phi) is 4.29. The Bertz CT molecular complexity index is 735. The molecule has 1 saturated heterocycles. The highest BCUT2D eigenvalue weighted by Crippen LogP contribution is 2.35. The second kappa shape index (κ2) is 5.96. The topological polar surface area (TPSA) is 58.2 Å². The Hall–Kier alpha value is -1.31. The van der Waals surface area contributed by atoms with Crippen LogP contribution in [0.1, 0.15) is 46.0 Å². The highest BCUT2D eigenvalue weighted by molar-refractivity contribution is 14.1. The van der Waals surface area contributed by atoms with E-state index in [0.29, 0.717) is 12.5 Å². The maximum absolute atomic E-state index is 12.5. The van der Waals surface area contributed by atoms with E-state index in [2.05, 4.69) is 40.6 Å². The normalized spacial score (nSPS) is 21.9. The zero-order valence-corrected chi connectivity index (χ0v) is 16.0. The smallest absolute Gasteiger partial charge is 0.410 e. The third kappa shape index (κ3) is 3.62. The van der Waals surface area contributed by atoms with Crippen molar-refractivity contribution < 1.29 is 9.53 Å². The van der Waals surface area contributed by atoms with E-state index in [1.165, 1.54) is 0 Å². The molecule has 0 spiro atoms. The van der Waals surface area contributed by atoms with E-state index in [-0.39, 0.29) is 12.1 Å². The van der Waals surface area contributed by atoms with Crippen LogP contribution in [0.15, 0.2) is 18.2 Å². The van der Waals surface area contributed by atoms with Crippen molar-refractivity contribution in [3.05, 3.63) is 27.6 Å². The molecule has 1 N–H and O–H groups in total. The largest absolute Gasteiger partial charge is 0.444 e. The van der Waals surface area contributed by atoms with Crippen LogP contribution in [0.25, 0.3) is 11.0 Å². The van der Waals surface area contributed by atoms with Crippen LogP contribution >= 0.6 is 22.6 Å². The molecule has 1 fully saturated rings. The standard InChI is InChI=1S/C17H22IN3O2/c1-10-7-14(21(9-10)16(22)23-17(2,3)4)15-19-12-6-5-11(18)8-13(12)20-15/h5-6,8,10,14H,7,9H2,1-4H3,(H,19,20)/t10-,14-/m0/s1. The van der Waals surface area contributed by atoms with E-state index >= 15 is 0 Å². The number of H-pyrrole nitrogens is 1. The molecule has 23 heavy (non-hydrogen) atoms. The number of likely N-dealkylation sites (tertiary alicyclic amines) is 1. The zero-order valence-electron chi connectivity index (χ0n) is 13.9. The fraction of sp³-hybridized carbons (Fsp3) is 0.529. The SMILES string of the molecule is C[C@H]1C[C@@H](c2nc3ccc(I)cc3[nH]2)N(C(=O)OC(C)(C)C)C1. The number of imidazole rings is 1. The number of rotatable bonds is 1. The van der Waals surface area contributed by atoms with E-state index in [9.17, 15) is 4.79 Å². The molecule has 0 saturated carbocycles. The highest BCUT2D eigenvalue weighted by atomic mass is 127. The van der Waals surface area contributed by atoms with Gasteiger partial charge in [-0.2, -0.15) is 0 Å². The Morgan fingerprint density at radius 1 is 1.43 bits per heavy atom. The summed E-state index contributed by atoms with van der Waals surface area (Å²) in [5, 5.41) is 0. The van der Waals surface area contributed by atoms with Gasteiger partial charge in [-0.15, -0.1) is 0 Å². The molecule has 2 heterocycles. The summed E-state index contributed by atoms with van der Waals surface area (Å²) < 4.78 is 6.72. The van der Waals surface area contributed by atoms with Gasteiger partial charge < -0.3 is 9.72 Å². The van der Waals surface area contributed by atoms with Gasteiger partial charge in [0.05, 0.1) is 17.1 Å². The number of carbonyl (C=O) groups excluding carboxylic acids is 1. The first-order valence-electron chi connectivity index (χ1n) is 7.88. The molecule has 1 amide bonds. The van der Waals surface area contributed by atoms with Gasteiger partial charge in [-0.3, -0.25) is 4.90 Å². The molecule has 0 radical (unpaired) electrons. The second-order valence-electron chi connectivity index (χ2n) is 7.27. The maximum atomic E-state index is 12.5. The van der Waals surface area contributed by atoms with Crippen LogP contribution < -0.4 is 0 Å². The molecule has 1 aliphatic heterocycles. The molecular formula is C17H22IN3O2. The summed E-state index contributed by atoms with van der Waals surface area (Å²) in [5.41, 5.74) is 1.46. The monoisotopic (exact) mass is 427 g/mol. The number of hydrogen-bond donors (Lipinski definition) is 1. The summed E-state index contributed by atoms with van der Waals surface area (Å²) in [6.45, 7) is 8.53. The van der Waals surface area contributed by atoms with E-state index in [1.807, 2.05) is 32.9 Å². The number of fused-ring (bicyclic) bond motifs is 1. The first-order valence-corrected chi connectivity index (χ1v) is 8.95. The molecule has 6 heteroatoms. The van der Waals surface area contributed by atoms with Crippen LogP contribution in [0.4, 0.5) is 4.79 Å². The molecule has 0 bridgehead atoms. The van der Waals surface area contributed by atoms with Crippen LogP contribution in [0.3, 0.4) is 0 Å². The van der Waals surface area contributed by atoms with Crippen molar-refractivity contribution in [2.45, 2.75) is 45.8 Å². The average molecular weight is 427 g/mol. The number of aromatic amines is 1. The summed E-state index contributed by atoms with van der Waals surface area (Å²) in [6.07, 6.45) is 0.637. The molecule has 5 nitrogen and oxygen atoms in total. The lowest BCUT2D eigenvalue weighted by atomic mass is 10.1. The number of ether oxygens (including phenoxy) is 1. The van der Waals surface area contributed by atoms with E-state index in [0.717, 1.165) is 26.8 Å². The molecule has 124 valence electrons. The van der Waals surface area contributed by atoms with Gasteiger partial charge in [-0.05, 0) is 73.9 Å². The van der Waals surface area contributed by atoms with Gasteiger partial charge in [0, 0.05) is 10.1 Å². The van der Waals surface area contributed by atoms with Gasteiger partial charge in [0.2, 0.25) is 0 Å².